The van der Waals surface area contributed by atoms with Crippen molar-refractivity contribution in [2.24, 2.45) is 13.0 Å². The Morgan fingerprint density at radius 1 is 1.15 bits per heavy atom. The predicted octanol–water partition coefficient (Wildman–Crippen LogP) is 0.135. The van der Waals surface area contributed by atoms with Gasteiger partial charge in [0.15, 0.2) is 16.9 Å². The summed E-state index contributed by atoms with van der Waals surface area (Å²) in [6.07, 6.45) is 2.74. The number of ketones is 1. The number of rotatable bonds is 6. The number of carbonyl (C=O) groups is 2. The van der Waals surface area contributed by atoms with Crippen molar-refractivity contribution >= 4 is 28.9 Å². The third kappa shape index (κ3) is 3.32. The van der Waals surface area contributed by atoms with Gasteiger partial charge in [0.05, 0.1) is 6.54 Å². The fraction of sp³-hybridized carbons (Fsp3) is 0.318. The van der Waals surface area contributed by atoms with Crippen molar-refractivity contribution < 1.29 is 14.7 Å². The Bertz CT molecular complexity index is 1430. The Morgan fingerprint density at radius 2 is 1.91 bits per heavy atom. The smallest absolute Gasteiger partial charge is 0.332 e. The fourth-order valence-electron chi connectivity index (χ4n) is 4.56. The number of fused-ring (bicyclic) bond motifs is 2. The number of aromatic nitrogens is 4. The molecule has 0 spiro atoms. The summed E-state index contributed by atoms with van der Waals surface area (Å²) in [4.78, 5) is 57.2. The van der Waals surface area contributed by atoms with E-state index in [1.54, 1.807) is 30.3 Å². The highest BCUT2D eigenvalue weighted by atomic mass is 16.4. The maximum absolute atomic E-state index is 13.4. The number of carboxylic acids is 1. The Morgan fingerprint density at radius 3 is 2.64 bits per heavy atom. The molecule has 11 heteroatoms. The van der Waals surface area contributed by atoms with Crippen molar-refractivity contribution in [3.8, 4) is 0 Å². The van der Waals surface area contributed by atoms with Crippen molar-refractivity contribution in [2.75, 3.05) is 18.0 Å². The van der Waals surface area contributed by atoms with Crippen LogP contribution in [0.1, 0.15) is 16.8 Å². The summed E-state index contributed by atoms with van der Waals surface area (Å²) in [5.74, 6) is -0.968. The molecule has 1 saturated heterocycles. The molecule has 1 atom stereocenters. The molecule has 3 aromatic rings. The van der Waals surface area contributed by atoms with Gasteiger partial charge in [-0.25, -0.2) is 4.79 Å². The average molecular weight is 450 g/mol. The van der Waals surface area contributed by atoms with Crippen LogP contribution >= 0.6 is 0 Å². The molecule has 2 aliphatic rings. The van der Waals surface area contributed by atoms with E-state index in [1.807, 2.05) is 11.1 Å². The molecule has 2 N–H and O–H groups in total. The largest absolute Gasteiger partial charge is 0.480 e. The van der Waals surface area contributed by atoms with E-state index in [0.717, 1.165) is 23.2 Å². The van der Waals surface area contributed by atoms with Gasteiger partial charge in [-0.05, 0) is 6.42 Å². The van der Waals surface area contributed by atoms with Crippen LogP contribution in [0.25, 0.3) is 11.2 Å². The maximum Gasteiger partial charge on any atom is 0.332 e. The first-order valence-corrected chi connectivity index (χ1v) is 10.6. The zero-order chi connectivity index (χ0) is 23.3. The molecule has 11 nitrogen and oxygen atoms in total. The van der Waals surface area contributed by atoms with E-state index >= 15 is 0 Å². The molecule has 2 aromatic heterocycles. The van der Waals surface area contributed by atoms with Crippen molar-refractivity contribution in [1.82, 2.24) is 24.0 Å². The number of hydrogen-bond acceptors (Lipinski definition) is 7. The normalized spacial score (nSPS) is 17.2. The number of aryl methyl sites for hydroxylation is 1. The van der Waals surface area contributed by atoms with Crippen LogP contribution in [-0.4, -0.2) is 48.6 Å². The van der Waals surface area contributed by atoms with Gasteiger partial charge in [-0.1, -0.05) is 30.3 Å². The summed E-state index contributed by atoms with van der Waals surface area (Å²) >= 11 is 0. The summed E-state index contributed by atoms with van der Waals surface area (Å²) in [6.45, 7) is 0.446. The standard InChI is InChI=1S/C22H22N6O5/c1-25-19-18(20(32)28(22(25)33)11-16(29)13-5-3-2-4-6-13)27(12-17(30)31)21(24-19)26-8-7-14-9-23-10-15(14)26/h2-6,10,14,23H,7-9,11-12H2,1H3,(H,30,31). The van der Waals surface area contributed by atoms with Gasteiger partial charge in [0.2, 0.25) is 5.95 Å². The summed E-state index contributed by atoms with van der Waals surface area (Å²) in [5, 5.41) is 12.7. The Labute approximate surface area is 187 Å². The van der Waals surface area contributed by atoms with Crippen LogP contribution in [0.2, 0.25) is 0 Å². The third-order valence-corrected chi connectivity index (χ3v) is 6.19. The highest BCUT2D eigenvalue weighted by Gasteiger charge is 2.35. The molecule has 0 aliphatic carbocycles. The maximum atomic E-state index is 13.4. The van der Waals surface area contributed by atoms with E-state index in [0.29, 0.717) is 18.1 Å². The number of aliphatic carboxylic acids is 1. The van der Waals surface area contributed by atoms with Gasteiger partial charge in [-0.3, -0.25) is 28.1 Å². The number of carbonyl (C=O) groups excluding carboxylic acids is 1. The van der Waals surface area contributed by atoms with Crippen LogP contribution in [0.4, 0.5) is 5.95 Å². The second kappa shape index (κ2) is 7.76. The van der Waals surface area contributed by atoms with Crippen molar-refractivity contribution in [2.45, 2.75) is 19.5 Å². The first kappa shape index (κ1) is 20.7. The van der Waals surface area contributed by atoms with E-state index in [9.17, 15) is 24.3 Å². The van der Waals surface area contributed by atoms with E-state index in [1.165, 1.54) is 16.2 Å². The lowest BCUT2D eigenvalue weighted by molar-refractivity contribution is -0.137. The number of benzene rings is 1. The topological polar surface area (TPSA) is 131 Å². The number of imidazole rings is 1. The van der Waals surface area contributed by atoms with Crippen molar-refractivity contribution in [3.05, 3.63) is 68.6 Å². The summed E-state index contributed by atoms with van der Waals surface area (Å²) in [5.41, 5.74) is -0.0300. The Balaban J connectivity index is 1.69. The second-order valence-corrected chi connectivity index (χ2v) is 8.20. The fourth-order valence-corrected chi connectivity index (χ4v) is 4.56. The monoisotopic (exact) mass is 450 g/mol. The molecule has 0 amide bonds. The summed E-state index contributed by atoms with van der Waals surface area (Å²) in [7, 11) is 1.46. The van der Waals surface area contributed by atoms with Crippen LogP contribution in [0.15, 0.2) is 51.8 Å². The average Bonchev–Trinajstić information content (AvgIpc) is 3.50. The molecule has 0 saturated carbocycles. The first-order valence-electron chi connectivity index (χ1n) is 10.6. The van der Waals surface area contributed by atoms with Gasteiger partial charge < -0.3 is 15.3 Å². The van der Waals surface area contributed by atoms with Gasteiger partial charge in [0, 0.05) is 43.5 Å². The molecule has 0 bridgehead atoms. The number of nitrogens with zero attached hydrogens (tertiary/aromatic N) is 5. The predicted molar refractivity (Wildman–Crippen MR) is 119 cm³/mol. The van der Waals surface area contributed by atoms with E-state index < -0.39 is 36.1 Å². The van der Waals surface area contributed by atoms with E-state index in [4.69, 9.17) is 0 Å². The third-order valence-electron chi connectivity index (χ3n) is 6.19. The first-order chi connectivity index (χ1) is 15.9. The van der Waals surface area contributed by atoms with Crippen molar-refractivity contribution in [3.63, 3.8) is 0 Å². The van der Waals surface area contributed by atoms with Crippen LogP contribution < -0.4 is 21.5 Å². The van der Waals surface area contributed by atoms with Gasteiger partial charge in [-0.15, -0.1) is 0 Å². The minimum absolute atomic E-state index is 0.0228. The molecule has 4 heterocycles. The lowest BCUT2D eigenvalue weighted by atomic mass is 10.1. The zero-order valence-corrected chi connectivity index (χ0v) is 17.9. The highest BCUT2D eigenvalue weighted by Crippen LogP contribution is 2.35. The van der Waals surface area contributed by atoms with Crippen LogP contribution in [-0.2, 0) is 24.9 Å². The van der Waals surface area contributed by atoms with Gasteiger partial charge >= 0.3 is 11.7 Å². The quantitative estimate of drug-likeness (QED) is 0.507. The second-order valence-electron chi connectivity index (χ2n) is 8.20. The number of carboxylic acid groups (broad SMARTS) is 1. The van der Waals surface area contributed by atoms with E-state index in [-0.39, 0.29) is 17.1 Å². The molecule has 1 aromatic carbocycles. The molecule has 170 valence electrons. The summed E-state index contributed by atoms with van der Waals surface area (Å²) in [6, 6.07) is 8.37. The van der Waals surface area contributed by atoms with Gasteiger partial charge in [0.25, 0.3) is 5.56 Å². The summed E-state index contributed by atoms with van der Waals surface area (Å²) < 4.78 is 3.35. The minimum Gasteiger partial charge on any atom is -0.480 e. The minimum atomic E-state index is -1.15. The number of Topliss-reactive ketones (excluding diaryl/α,β-unsaturated/α-hetero) is 1. The van der Waals surface area contributed by atoms with E-state index in [2.05, 4.69) is 10.3 Å². The van der Waals surface area contributed by atoms with Crippen molar-refractivity contribution in [1.29, 1.82) is 0 Å². The molecule has 0 radical (unpaired) electrons. The highest BCUT2D eigenvalue weighted by molar-refractivity contribution is 5.96. The van der Waals surface area contributed by atoms with Gasteiger partial charge in [0.1, 0.15) is 6.54 Å². The molecule has 1 unspecified atom stereocenters. The molecule has 33 heavy (non-hydrogen) atoms. The van der Waals surface area contributed by atoms with Crippen LogP contribution in [0.5, 0.6) is 0 Å². The number of hydrogen-bond donors (Lipinski definition) is 2. The lowest BCUT2D eigenvalue weighted by Crippen LogP contribution is -2.41. The van der Waals surface area contributed by atoms with Gasteiger partial charge in [-0.2, -0.15) is 4.98 Å². The lowest BCUT2D eigenvalue weighted by Gasteiger charge is -2.19. The van der Waals surface area contributed by atoms with Crippen LogP contribution in [0.3, 0.4) is 0 Å². The SMILES string of the molecule is Cn1c(=O)n(CC(=O)c2ccccc2)c(=O)c2c1nc(N1CCC3CNC=C31)n2CC(=O)O. The number of anilines is 1. The molecular formula is C22H22N6O5. The molecule has 5 rings (SSSR count). The molecule has 2 aliphatic heterocycles. The Kier molecular flexibility index (Phi) is 4.88. The molecule has 1 fully saturated rings. The number of nitrogens with one attached hydrogen (secondary N) is 1. The molecular weight excluding hydrogens is 428 g/mol. The Hall–Kier alpha value is -4.15. The van der Waals surface area contributed by atoms with Crippen LogP contribution in [0, 0.1) is 5.92 Å². The zero-order valence-electron chi connectivity index (χ0n) is 17.9.